The van der Waals surface area contributed by atoms with Crippen molar-refractivity contribution in [3.05, 3.63) is 255 Å². The number of nitrogens with zero attached hydrogens (tertiary/aromatic N) is 2. The van der Waals surface area contributed by atoms with Crippen LogP contribution in [-0.4, -0.2) is 4.57 Å². The standard InChI is InChI=1S/C60H42N2/c1-6-19-43(20-7-1)45-33-36-50(37-34-45)61(57-40-35-49(44-21-8-2-9-22-44)41-55(57)47-25-12-4-13-26-47)51-38-39-54-53-29-16-17-31-56(53)62(59(54)42-51)58-32-18-30-52(46-23-10-3-11-24-46)60(58)48-27-14-5-15-28-48/h1-42H. The van der Waals surface area contributed by atoms with E-state index in [0.29, 0.717) is 0 Å². The van der Waals surface area contributed by atoms with Crippen LogP contribution < -0.4 is 4.90 Å². The highest BCUT2D eigenvalue weighted by Gasteiger charge is 2.23. The fraction of sp³-hybridized carbons (Fsp3) is 0. The molecular formula is C60H42N2. The van der Waals surface area contributed by atoms with Crippen molar-refractivity contribution in [2.45, 2.75) is 0 Å². The maximum Gasteiger partial charge on any atom is 0.0562 e. The lowest BCUT2D eigenvalue weighted by Crippen LogP contribution is -2.11. The van der Waals surface area contributed by atoms with Gasteiger partial charge in [-0.05, 0) is 93.0 Å². The number of rotatable bonds is 9. The summed E-state index contributed by atoms with van der Waals surface area (Å²) in [7, 11) is 0. The van der Waals surface area contributed by atoms with Gasteiger partial charge in [0.25, 0.3) is 0 Å². The van der Waals surface area contributed by atoms with Crippen LogP contribution in [0, 0.1) is 0 Å². The molecule has 0 unspecified atom stereocenters. The van der Waals surface area contributed by atoms with Crippen LogP contribution in [0.2, 0.25) is 0 Å². The molecule has 0 N–H and O–H groups in total. The van der Waals surface area contributed by atoms with E-state index in [4.69, 9.17) is 0 Å². The van der Waals surface area contributed by atoms with Gasteiger partial charge in [0, 0.05) is 33.3 Å². The summed E-state index contributed by atoms with van der Waals surface area (Å²) in [6.45, 7) is 0. The van der Waals surface area contributed by atoms with Gasteiger partial charge >= 0.3 is 0 Å². The molecule has 62 heavy (non-hydrogen) atoms. The van der Waals surface area contributed by atoms with Crippen molar-refractivity contribution in [1.29, 1.82) is 0 Å². The maximum absolute atomic E-state index is 2.48. The number of para-hydroxylation sites is 1. The van der Waals surface area contributed by atoms with Gasteiger partial charge in [0.05, 0.1) is 22.4 Å². The van der Waals surface area contributed by atoms with Crippen molar-refractivity contribution < 1.29 is 0 Å². The predicted molar refractivity (Wildman–Crippen MR) is 263 cm³/mol. The molecule has 2 nitrogen and oxygen atoms in total. The maximum atomic E-state index is 2.48. The summed E-state index contributed by atoms with van der Waals surface area (Å²) in [5.74, 6) is 0. The van der Waals surface area contributed by atoms with E-state index in [9.17, 15) is 0 Å². The highest BCUT2D eigenvalue weighted by molar-refractivity contribution is 6.11. The topological polar surface area (TPSA) is 8.17 Å². The SMILES string of the molecule is c1ccc(-c2ccc(N(c3ccc4c5ccccc5n(-c5cccc(-c6ccccc6)c5-c5ccccc5)c4c3)c3ccc(-c4ccccc4)cc3-c3ccccc3)cc2)cc1. The van der Waals surface area contributed by atoms with Gasteiger partial charge in [-0.15, -0.1) is 0 Å². The minimum Gasteiger partial charge on any atom is -0.310 e. The number of aromatic nitrogens is 1. The average molecular weight is 791 g/mol. The molecule has 0 radical (unpaired) electrons. The van der Waals surface area contributed by atoms with Crippen LogP contribution in [0.4, 0.5) is 17.1 Å². The predicted octanol–water partition coefficient (Wildman–Crippen LogP) is 16.6. The van der Waals surface area contributed by atoms with Gasteiger partial charge in [0.1, 0.15) is 0 Å². The van der Waals surface area contributed by atoms with Crippen LogP contribution >= 0.6 is 0 Å². The zero-order valence-electron chi connectivity index (χ0n) is 34.1. The van der Waals surface area contributed by atoms with E-state index >= 15 is 0 Å². The number of hydrogen-bond donors (Lipinski definition) is 0. The Morgan fingerprint density at radius 1 is 0.274 bits per heavy atom. The van der Waals surface area contributed by atoms with Gasteiger partial charge in [-0.1, -0.05) is 206 Å². The van der Waals surface area contributed by atoms with Crippen molar-refractivity contribution in [2.75, 3.05) is 4.90 Å². The van der Waals surface area contributed by atoms with Crippen LogP contribution in [0.5, 0.6) is 0 Å². The third kappa shape index (κ3) is 6.74. The van der Waals surface area contributed by atoms with Gasteiger partial charge in [-0.3, -0.25) is 0 Å². The van der Waals surface area contributed by atoms with E-state index in [1.165, 1.54) is 55.3 Å². The second kappa shape index (κ2) is 16.1. The molecule has 1 heterocycles. The van der Waals surface area contributed by atoms with E-state index in [2.05, 4.69) is 264 Å². The van der Waals surface area contributed by atoms with Crippen molar-refractivity contribution >= 4 is 38.9 Å². The highest BCUT2D eigenvalue weighted by Crippen LogP contribution is 2.46. The summed E-state index contributed by atoms with van der Waals surface area (Å²) in [4.78, 5) is 2.44. The molecule has 0 saturated carbocycles. The average Bonchev–Trinajstić information content (AvgIpc) is 3.69. The van der Waals surface area contributed by atoms with Gasteiger partial charge in [-0.25, -0.2) is 0 Å². The molecule has 0 bridgehead atoms. The van der Waals surface area contributed by atoms with Crippen molar-refractivity contribution in [3.63, 3.8) is 0 Å². The Bertz CT molecular complexity index is 3300. The summed E-state index contributed by atoms with van der Waals surface area (Å²) >= 11 is 0. The summed E-state index contributed by atoms with van der Waals surface area (Å²) in [5.41, 5.74) is 18.5. The summed E-state index contributed by atoms with van der Waals surface area (Å²) < 4.78 is 2.48. The van der Waals surface area contributed by atoms with E-state index in [1.54, 1.807) is 0 Å². The Morgan fingerprint density at radius 3 is 1.40 bits per heavy atom. The summed E-state index contributed by atoms with van der Waals surface area (Å²) in [5, 5.41) is 2.42. The van der Waals surface area contributed by atoms with E-state index in [-0.39, 0.29) is 0 Å². The first-order valence-electron chi connectivity index (χ1n) is 21.3. The second-order valence-electron chi connectivity index (χ2n) is 15.7. The van der Waals surface area contributed by atoms with Crippen LogP contribution in [0.15, 0.2) is 255 Å². The smallest absolute Gasteiger partial charge is 0.0562 e. The fourth-order valence-electron chi connectivity index (χ4n) is 9.10. The molecule has 292 valence electrons. The molecule has 2 heteroatoms. The molecular weight excluding hydrogens is 749 g/mol. The van der Waals surface area contributed by atoms with E-state index < -0.39 is 0 Å². The van der Waals surface area contributed by atoms with Gasteiger partial charge in [0.15, 0.2) is 0 Å². The van der Waals surface area contributed by atoms with Gasteiger partial charge in [0.2, 0.25) is 0 Å². The number of anilines is 3. The lowest BCUT2D eigenvalue weighted by molar-refractivity contribution is 1.18. The molecule has 0 saturated heterocycles. The third-order valence-corrected chi connectivity index (χ3v) is 12.0. The molecule has 0 spiro atoms. The molecule has 10 aromatic carbocycles. The largest absolute Gasteiger partial charge is 0.310 e. The normalized spacial score (nSPS) is 11.2. The Labute approximate surface area is 362 Å². The molecule has 0 atom stereocenters. The first-order valence-corrected chi connectivity index (χ1v) is 21.3. The minimum atomic E-state index is 1.07. The van der Waals surface area contributed by atoms with Gasteiger partial charge < -0.3 is 9.47 Å². The Balaban J connectivity index is 1.18. The van der Waals surface area contributed by atoms with Crippen LogP contribution in [0.1, 0.15) is 0 Å². The molecule has 1 aromatic heterocycles. The molecule has 0 aliphatic heterocycles. The summed E-state index contributed by atoms with van der Waals surface area (Å²) in [6.07, 6.45) is 0. The van der Waals surface area contributed by atoms with Crippen molar-refractivity contribution in [1.82, 2.24) is 4.57 Å². The van der Waals surface area contributed by atoms with Crippen LogP contribution in [0.25, 0.3) is 83.1 Å². The van der Waals surface area contributed by atoms with Gasteiger partial charge in [-0.2, -0.15) is 0 Å². The molecule has 0 aliphatic carbocycles. The molecule has 11 aromatic rings. The van der Waals surface area contributed by atoms with E-state index in [1.807, 2.05) is 0 Å². The van der Waals surface area contributed by atoms with Crippen molar-refractivity contribution in [3.8, 4) is 61.3 Å². The minimum absolute atomic E-state index is 1.07. The Morgan fingerprint density at radius 2 is 0.758 bits per heavy atom. The molecule has 0 fully saturated rings. The third-order valence-electron chi connectivity index (χ3n) is 12.0. The zero-order valence-corrected chi connectivity index (χ0v) is 34.1. The lowest BCUT2D eigenvalue weighted by Gasteiger charge is -2.29. The number of hydrogen-bond acceptors (Lipinski definition) is 1. The van der Waals surface area contributed by atoms with E-state index in [0.717, 1.165) is 44.9 Å². The second-order valence-corrected chi connectivity index (χ2v) is 15.7. The molecule has 0 amide bonds. The lowest BCUT2D eigenvalue weighted by atomic mass is 9.93. The first kappa shape index (κ1) is 36.8. The fourth-order valence-corrected chi connectivity index (χ4v) is 9.10. The Hall–Kier alpha value is -8.20. The number of fused-ring (bicyclic) bond motifs is 3. The quantitative estimate of drug-likeness (QED) is 0.141. The van der Waals surface area contributed by atoms with Crippen LogP contribution in [0.3, 0.4) is 0 Å². The monoisotopic (exact) mass is 790 g/mol. The zero-order chi connectivity index (χ0) is 41.2. The molecule has 0 aliphatic rings. The summed E-state index contributed by atoms with van der Waals surface area (Å²) in [6, 6.07) is 92.2. The highest BCUT2D eigenvalue weighted by atomic mass is 15.1. The number of benzene rings is 10. The first-order chi connectivity index (χ1) is 30.8. The molecule has 11 rings (SSSR count). The van der Waals surface area contributed by atoms with Crippen molar-refractivity contribution in [2.24, 2.45) is 0 Å². The Kier molecular flexibility index (Phi) is 9.57. The van der Waals surface area contributed by atoms with Crippen LogP contribution in [-0.2, 0) is 0 Å².